The lowest BCUT2D eigenvalue weighted by molar-refractivity contribution is 0.237. The van der Waals surface area contributed by atoms with Gasteiger partial charge in [-0.15, -0.1) is 0 Å². The molecule has 2 aromatic heterocycles. The summed E-state index contributed by atoms with van der Waals surface area (Å²) in [5.41, 5.74) is 7.05. The van der Waals surface area contributed by atoms with Crippen molar-refractivity contribution in [3.63, 3.8) is 0 Å². The van der Waals surface area contributed by atoms with Crippen molar-refractivity contribution in [1.82, 2.24) is 9.38 Å². The summed E-state index contributed by atoms with van der Waals surface area (Å²) in [4.78, 5) is 4.46. The van der Waals surface area contributed by atoms with Gasteiger partial charge in [0.15, 0.2) is 0 Å². The Kier molecular flexibility index (Phi) is 1.94. The summed E-state index contributed by atoms with van der Waals surface area (Å²) < 4.78 is 7.34. The molecule has 4 nitrogen and oxygen atoms in total. The van der Waals surface area contributed by atoms with Crippen LogP contribution >= 0.6 is 0 Å². The molecule has 0 saturated heterocycles. The van der Waals surface area contributed by atoms with Gasteiger partial charge in [0.05, 0.1) is 18.8 Å². The zero-order chi connectivity index (χ0) is 11.2. The summed E-state index contributed by atoms with van der Waals surface area (Å²) in [5, 5.41) is 0. The fourth-order valence-electron chi connectivity index (χ4n) is 2.32. The highest BCUT2D eigenvalue weighted by molar-refractivity contribution is 5.59. The molecule has 0 radical (unpaired) electrons. The molecule has 1 fully saturated rings. The summed E-state index contributed by atoms with van der Waals surface area (Å²) >= 11 is 0. The van der Waals surface area contributed by atoms with Gasteiger partial charge in [0.1, 0.15) is 17.1 Å². The van der Waals surface area contributed by atoms with Crippen LogP contribution in [-0.2, 0) is 5.54 Å². The van der Waals surface area contributed by atoms with Gasteiger partial charge in [0, 0.05) is 6.20 Å². The Bertz CT molecular complexity index is 528. The molecule has 0 aliphatic heterocycles. The quantitative estimate of drug-likeness (QED) is 0.832. The number of pyridine rings is 1. The second-order valence-electron chi connectivity index (χ2n) is 4.42. The number of imidazole rings is 1. The lowest BCUT2D eigenvalue weighted by Crippen LogP contribution is -2.44. The van der Waals surface area contributed by atoms with Gasteiger partial charge in [-0.3, -0.25) is 4.40 Å². The molecule has 0 aromatic carbocycles. The molecule has 2 heterocycles. The summed E-state index contributed by atoms with van der Waals surface area (Å²) in [6.45, 7) is 0. The zero-order valence-electron chi connectivity index (χ0n) is 9.31. The van der Waals surface area contributed by atoms with Crippen molar-refractivity contribution in [2.24, 2.45) is 5.73 Å². The normalized spacial score (nSPS) is 18.4. The zero-order valence-corrected chi connectivity index (χ0v) is 9.31. The monoisotopic (exact) mass is 217 g/mol. The molecule has 0 spiro atoms. The Morgan fingerprint density at radius 1 is 1.50 bits per heavy atom. The molecule has 0 amide bonds. The van der Waals surface area contributed by atoms with Crippen LogP contribution in [0.3, 0.4) is 0 Å². The highest BCUT2D eigenvalue weighted by atomic mass is 16.5. The van der Waals surface area contributed by atoms with Crippen molar-refractivity contribution >= 4 is 5.52 Å². The van der Waals surface area contributed by atoms with Crippen LogP contribution in [-0.4, -0.2) is 16.5 Å². The lowest BCUT2D eigenvalue weighted by Gasteiger charge is -2.36. The highest BCUT2D eigenvalue weighted by Crippen LogP contribution is 2.38. The van der Waals surface area contributed by atoms with E-state index >= 15 is 0 Å². The number of hydrogen-bond acceptors (Lipinski definition) is 3. The first-order chi connectivity index (χ1) is 7.74. The molecule has 0 unspecified atom stereocenters. The first-order valence-electron chi connectivity index (χ1n) is 5.54. The van der Waals surface area contributed by atoms with Gasteiger partial charge in [-0.25, -0.2) is 4.98 Å². The maximum absolute atomic E-state index is 6.30. The second-order valence-corrected chi connectivity index (χ2v) is 4.42. The first kappa shape index (κ1) is 9.66. The largest absolute Gasteiger partial charge is 0.494 e. The minimum Gasteiger partial charge on any atom is -0.494 e. The predicted molar refractivity (Wildman–Crippen MR) is 61.5 cm³/mol. The number of nitrogens with two attached hydrogens (primary N) is 1. The third-order valence-corrected chi connectivity index (χ3v) is 3.44. The number of nitrogens with zero attached hydrogens (tertiary/aromatic N) is 2. The Balaban J connectivity index is 2.20. The minimum absolute atomic E-state index is 0.237. The Morgan fingerprint density at radius 3 is 2.94 bits per heavy atom. The minimum atomic E-state index is -0.237. The lowest BCUT2D eigenvalue weighted by atomic mass is 9.77. The third-order valence-electron chi connectivity index (χ3n) is 3.44. The van der Waals surface area contributed by atoms with Gasteiger partial charge < -0.3 is 10.5 Å². The van der Waals surface area contributed by atoms with Crippen molar-refractivity contribution in [3.8, 4) is 5.75 Å². The van der Waals surface area contributed by atoms with Crippen LogP contribution in [0.2, 0.25) is 0 Å². The van der Waals surface area contributed by atoms with E-state index in [2.05, 4.69) is 4.98 Å². The maximum Gasteiger partial charge on any atom is 0.144 e. The van der Waals surface area contributed by atoms with Crippen molar-refractivity contribution in [1.29, 1.82) is 0 Å². The van der Waals surface area contributed by atoms with Crippen molar-refractivity contribution < 1.29 is 4.74 Å². The molecule has 1 aliphatic carbocycles. The molecule has 0 atom stereocenters. The van der Waals surface area contributed by atoms with Crippen molar-refractivity contribution in [2.45, 2.75) is 24.8 Å². The Hall–Kier alpha value is -1.55. The molecule has 16 heavy (non-hydrogen) atoms. The van der Waals surface area contributed by atoms with E-state index in [4.69, 9.17) is 10.5 Å². The van der Waals surface area contributed by atoms with Crippen LogP contribution < -0.4 is 10.5 Å². The third kappa shape index (κ3) is 1.16. The SMILES string of the molecule is COc1cccn2c(C3(N)CCC3)ncc12. The van der Waals surface area contributed by atoms with E-state index < -0.39 is 0 Å². The van der Waals surface area contributed by atoms with E-state index in [9.17, 15) is 0 Å². The number of rotatable bonds is 2. The van der Waals surface area contributed by atoms with Crippen LogP contribution in [0.25, 0.3) is 5.52 Å². The molecule has 0 bridgehead atoms. The second kappa shape index (κ2) is 3.22. The van der Waals surface area contributed by atoms with Gasteiger partial charge in [0.2, 0.25) is 0 Å². The average molecular weight is 217 g/mol. The first-order valence-corrected chi connectivity index (χ1v) is 5.54. The molecule has 3 rings (SSSR count). The molecular formula is C12H15N3O. The molecule has 2 aromatic rings. The van der Waals surface area contributed by atoms with E-state index in [-0.39, 0.29) is 5.54 Å². The summed E-state index contributed by atoms with van der Waals surface area (Å²) in [5.74, 6) is 1.79. The van der Waals surface area contributed by atoms with E-state index in [0.717, 1.165) is 29.9 Å². The van der Waals surface area contributed by atoms with Crippen LogP contribution in [0.4, 0.5) is 0 Å². The Morgan fingerprint density at radius 2 is 2.31 bits per heavy atom. The fourth-order valence-corrected chi connectivity index (χ4v) is 2.32. The van der Waals surface area contributed by atoms with Gasteiger partial charge in [-0.05, 0) is 31.4 Å². The number of ether oxygens (including phenoxy) is 1. The summed E-state index contributed by atoms with van der Waals surface area (Å²) in [6.07, 6.45) is 7.05. The standard InChI is InChI=1S/C12H15N3O/c1-16-10-4-2-7-15-9(10)8-14-11(15)12(13)5-3-6-12/h2,4,7-8H,3,5-6,13H2,1H3. The van der Waals surface area contributed by atoms with Crippen molar-refractivity contribution in [3.05, 3.63) is 30.4 Å². The maximum atomic E-state index is 6.30. The fraction of sp³-hybridized carbons (Fsp3) is 0.417. The molecule has 1 saturated carbocycles. The van der Waals surface area contributed by atoms with Gasteiger partial charge >= 0.3 is 0 Å². The van der Waals surface area contributed by atoms with Gasteiger partial charge in [0.25, 0.3) is 0 Å². The molecule has 4 heteroatoms. The highest BCUT2D eigenvalue weighted by Gasteiger charge is 2.38. The number of aromatic nitrogens is 2. The number of methoxy groups -OCH3 is 1. The van der Waals surface area contributed by atoms with E-state index in [1.54, 1.807) is 7.11 Å². The van der Waals surface area contributed by atoms with E-state index in [0.29, 0.717) is 0 Å². The summed E-state index contributed by atoms with van der Waals surface area (Å²) in [6, 6.07) is 3.89. The van der Waals surface area contributed by atoms with E-state index in [1.807, 2.05) is 28.9 Å². The molecular weight excluding hydrogens is 202 g/mol. The van der Waals surface area contributed by atoms with E-state index in [1.165, 1.54) is 6.42 Å². The average Bonchev–Trinajstić information content (AvgIpc) is 2.69. The topological polar surface area (TPSA) is 52.5 Å². The smallest absolute Gasteiger partial charge is 0.144 e. The van der Waals surface area contributed by atoms with Crippen LogP contribution in [0.15, 0.2) is 24.5 Å². The number of fused-ring (bicyclic) bond motifs is 1. The van der Waals surface area contributed by atoms with Crippen LogP contribution in [0, 0.1) is 0 Å². The van der Waals surface area contributed by atoms with Crippen LogP contribution in [0.5, 0.6) is 5.75 Å². The van der Waals surface area contributed by atoms with Crippen LogP contribution in [0.1, 0.15) is 25.1 Å². The number of hydrogen-bond donors (Lipinski definition) is 1. The molecule has 2 N–H and O–H groups in total. The van der Waals surface area contributed by atoms with Gasteiger partial charge in [-0.2, -0.15) is 0 Å². The summed E-state index contributed by atoms with van der Waals surface area (Å²) in [7, 11) is 1.67. The van der Waals surface area contributed by atoms with Crippen molar-refractivity contribution in [2.75, 3.05) is 7.11 Å². The van der Waals surface area contributed by atoms with Gasteiger partial charge in [-0.1, -0.05) is 0 Å². The predicted octanol–water partition coefficient (Wildman–Crippen LogP) is 1.68. The molecule has 84 valence electrons. The Labute approximate surface area is 94.0 Å². The molecule has 1 aliphatic rings.